The molecule has 0 spiro atoms. The molecule has 30 heavy (non-hydrogen) atoms. The first-order valence-electron chi connectivity index (χ1n) is 14.0. The number of nitrogens with zero attached hydrogens (tertiary/aromatic N) is 2. The van der Waals surface area contributed by atoms with E-state index in [-0.39, 0.29) is 0 Å². The number of hydrogen-bond acceptors (Lipinski definition) is 2. The van der Waals surface area contributed by atoms with Gasteiger partial charge in [0.25, 0.3) is 0 Å². The third kappa shape index (κ3) is 13.6. The van der Waals surface area contributed by atoms with Crippen LogP contribution in [0.25, 0.3) is 0 Å². The van der Waals surface area contributed by atoms with Gasteiger partial charge in [0.15, 0.2) is 0 Å². The number of hydrogen-bond donors (Lipinski definition) is 0. The summed E-state index contributed by atoms with van der Waals surface area (Å²) >= 11 is 0. The maximum atomic E-state index is 2.63. The van der Waals surface area contributed by atoms with Gasteiger partial charge in [0, 0.05) is 25.5 Å². The Bertz CT molecular complexity index is 379. The molecule has 0 N–H and O–H groups in total. The fourth-order valence-electron chi connectivity index (χ4n) is 4.73. The minimum atomic E-state index is 0.642. The summed E-state index contributed by atoms with van der Waals surface area (Å²) in [4.78, 5) is 5.23. The zero-order valence-electron chi connectivity index (χ0n) is 21.2. The summed E-state index contributed by atoms with van der Waals surface area (Å²) in [6.07, 6.45) is 33.7. The maximum Gasteiger partial charge on any atom is 0.101 e. The standard InChI is InChI=1S/C28H56N2/c1-4-7-10-11-12-13-14-15-16-17-18-19-20-21-22-25-30-27-26-29(24-9-6-3)28(30)23-8-5-2/h26-28H,4-25H2,1-3H3. The molecule has 0 amide bonds. The Morgan fingerprint density at radius 2 is 0.800 bits per heavy atom. The third-order valence-corrected chi connectivity index (χ3v) is 6.82. The van der Waals surface area contributed by atoms with Gasteiger partial charge >= 0.3 is 0 Å². The topological polar surface area (TPSA) is 6.48 Å². The second-order valence-electron chi connectivity index (χ2n) is 9.70. The van der Waals surface area contributed by atoms with Crippen molar-refractivity contribution in [1.82, 2.24) is 9.80 Å². The van der Waals surface area contributed by atoms with Crippen molar-refractivity contribution in [3.8, 4) is 0 Å². The van der Waals surface area contributed by atoms with E-state index in [1.807, 2.05) is 0 Å². The monoisotopic (exact) mass is 420 g/mol. The Morgan fingerprint density at radius 3 is 1.23 bits per heavy atom. The van der Waals surface area contributed by atoms with Gasteiger partial charge < -0.3 is 9.80 Å². The first-order chi connectivity index (χ1) is 14.8. The summed E-state index contributed by atoms with van der Waals surface area (Å²) in [5, 5.41) is 0. The van der Waals surface area contributed by atoms with Crippen LogP contribution in [0.15, 0.2) is 12.4 Å². The largest absolute Gasteiger partial charge is 0.356 e. The Hall–Kier alpha value is -0.660. The molecule has 1 aliphatic rings. The highest BCUT2D eigenvalue weighted by Gasteiger charge is 2.24. The van der Waals surface area contributed by atoms with Crippen molar-refractivity contribution in [3.63, 3.8) is 0 Å². The highest BCUT2D eigenvalue weighted by Crippen LogP contribution is 2.22. The van der Waals surface area contributed by atoms with E-state index in [0.717, 1.165) is 0 Å². The molecule has 0 aromatic heterocycles. The molecular formula is C28H56N2. The summed E-state index contributed by atoms with van der Waals surface area (Å²) in [6, 6.07) is 0. The Kier molecular flexibility index (Phi) is 18.5. The lowest BCUT2D eigenvalue weighted by Gasteiger charge is -2.33. The van der Waals surface area contributed by atoms with Crippen molar-refractivity contribution in [2.75, 3.05) is 13.1 Å². The zero-order valence-corrected chi connectivity index (χ0v) is 21.2. The van der Waals surface area contributed by atoms with E-state index < -0.39 is 0 Å². The van der Waals surface area contributed by atoms with Crippen LogP contribution in [0.3, 0.4) is 0 Å². The molecule has 1 atom stereocenters. The van der Waals surface area contributed by atoms with Gasteiger partial charge in [-0.3, -0.25) is 0 Å². The normalized spacial score (nSPS) is 16.2. The summed E-state index contributed by atoms with van der Waals surface area (Å²) in [5.74, 6) is 0. The van der Waals surface area contributed by atoms with Crippen LogP contribution in [0.5, 0.6) is 0 Å². The zero-order chi connectivity index (χ0) is 21.7. The fourth-order valence-corrected chi connectivity index (χ4v) is 4.73. The molecule has 1 aliphatic heterocycles. The smallest absolute Gasteiger partial charge is 0.101 e. The molecule has 0 aromatic rings. The van der Waals surface area contributed by atoms with Gasteiger partial charge in [-0.1, -0.05) is 124 Å². The molecule has 1 heterocycles. The highest BCUT2D eigenvalue weighted by atomic mass is 15.4. The second kappa shape index (κ2) is 20.3. The molecule has 1 unspecified atom stereocenters. The molecule has 0 bridgehead atoms. The Labute approximate surface area is 190 Å². The van der Waals surface area contributed by atoms with Crippen molar-refractivity contribution >= 4 is 0 Å². The van der Waals surface area contributed by atoms with Crippen LogP contribution in [0, 0.1) is 0 Å². The van der Waals surface area contributed by atoms with E-state index in [1.165, 1.54) is 142 Å². The van der Waals surface area contributed by atoms with Crippen LogP contribution < -0.4 is 0 Å². The van der Waals surface area contributed by atoms with Gasteiger partial charge in [-0.15, -0.1) is 0 Å². The predicted molar refractivity (Wildman–Crippen MR) is 136 cm³/mol. The fraction of sp³-hybridized carbons (Fsp3) is 0.929. The first kappa shape index (κ1) is 27.4. The molecule has 0 saturated carbocycles. The maximum absolute atomic E-state index is 2.63. The van der Waals surface area contributed by atoms with Crippen LogP contribution in [-0.4, -0.2) is 29.1 Å². The summed E-state index contributed by atoms with van der Waals surface area (Å²) in [5.41, 5.74) is 0. The van der Waals surface area contributed by atoms with Crippen molar-refractivity contribution in [2.24, 2.45) is 0 Å². The van der Waals surface area contributed by atoms with Crippen molar-refractivity contribution < 1.29 is 0 Å². The van der Waals surface area contributed by atoms with Crippen LogP contribution in [0.4, 0.5) is 0 Å². The van der Waals surface area contributed by atoms with Crippen molar-refractivity contribution in [3.05, 3.63) is 12.4 Å². The molecule has 2 nitrogen and oxygen atoms in total. The SMILES string of the molecule is CCCCCCCCCCCCCCCCCN1C=CN(CCCC)C1CCCC. The van der Waals surface area contributed by atoms with Crippen LogP contribution in [0.2, 0.25) is 0 Å². The molecule has 1 rings (SSSR count). The molecule has 0 saturated heterocycles. The van der Waals surface area contributed by atoms with Crippen molar-refractivity contribution in [2.45, 2.75) is 155 Å². The second-order valence-corrected chi connectivity index (χ2v) is 9.70. The van der Waals surface area contributed by atoms with E-state index >= 15 is 0 Å². The Balaban J connectivity index is 1.95. The quantitative estimate of drug-likeness (QED) is 0.161. The first-order valence-corrected chi connectivity index (χ1v) is 14.0. The number of rotatable bonds is 22. The molecule has 0 aromatic carbocycles. The average molecular weight is 421 g/mol. The predicted octanol–water partition coefficient (Wildman–Crippen LogP) is 9.26. The molecular weight excluding hydrogens is 364 g/mol. The van der Waals surface area contributed by atoms with Crippen LogP contribution in [-0.2, 0) is 0 Å². The van der Waals surface area contributed by atoms with E-state index in [4.69, 9.17) is 0 Å². The summed E-state index contributed by atoms with van der Waals surface area (Å²) in [7, 11) is 0. The van der Waals surface area contributed by atoms with Gasteiger partial charge in [0.1, 0.15) is 6.17 Å². The Morgan fingerprint density at radius 1 is 0.433 bits per heavy atom. The molecule has 0 fully saturated rings. The van der Waals surface area contributed by atoms with Crippen LogP contribution >= 0.6 is 0 Å². The lowest BCUT2D eigenvalue weighted by Crippen LogP contribution is -2.39. The van der Waals surface area contributed by atoms with Gasteiger partial charge in [-0.25, -0.2) is 0 Å². The highest BCUT2D eigenvalue weighted by molar-refractivity contribution is 4.96. The van der Waals surface area contributed by atoms with Crippen LogP contribution in [0.1, 0.15) is 149 Å². The summed E-state index contributed by atoms with van der Waals surface area (Å²) in [6.45, 7) is 9.41. The number of unbranched alkanes of at least 4 members (excludes halogenated alkanes) is 16. The molecule has 178 valence electrons. The van der Waals surface area contributed by atoms with Gasteiger partial charge in [0.2, 0.25) is 0 Å². The minimum Gasteiger partial charge on any atom is -0.356 e. The lowest BCUT2D eigenvalue weighted by atomic mass is 10.0. The average Bonchev–Trinajstić information content (AvgIpc) is 3.14. The third-order valence-electron chi connectivity index (χ3n) is 6.82. The van der Waals surface area contributed by atoms with E-state index in [9.17, 15) is 0 Å². The molecule has 2 heteroatoms. The van der Waals surface area contributed by atoms with Crippen molar-refractivity contribution in [1.29, 1.82) is 0 Å². The molecule has 0 radical (unpaired) electrons. The van der Waals surface area contributed by atoms with E-state index in [0.29, 0.717) is 6.17 Å². The van der Waals surface area contributed by atoms with E-state index in [1.54, 1.807) is 0 Å². The van der Waals surface area contributed by atoms with Gasteiger partial charge in [-0.05, 0) is 25.7 Å². The minimum absolute atomic E-state index is 0.642. The lowest BCUT2D eigenvalue weighted by molar-refractivity contribution is 0.137. The van der Waals surface area contributed by atoms with E-state index in [2.05, 4.69) is 43.0 Å². The van der Waals surface area contributed by atoms with Gasteiger partial charge in [0.05, 0.1) is 0 Å². The summed E-state index contributed by atoms with van der Waals surface area (Å²) < 4.78 is 0. The van der Waals surface area contributed by atoms with Gasteiger partial charge in [-0.2, -0.15) is 0 Å². The molecule has 0 aliphatic carbocycles.